The summed E-state index contributed by atoms with van der Waals surface area (Å²) >= 11 is 0. The minimum atomic E-state index is 0.183. The summed E-state index contributed by atoms with van der Waals surface area (Å²) in [5.74, 6) is 1.03. The summed E-state index contributed by atoms with van der Waals surface area (Å²) in [6.07, 6.45) is 4.82. The predicted octanol–water partition coefficient (Wildman–Crippen LogP) is 4.70. The van der Waals surface area contributed by atoms with Crippen molar-refractivity contribution in [1.82, 2.24) is 5.32 Å². The van der Waals surface area contributed by atoms with Crippen molar-refractivity contribution in [1.29, 1.82) is 0 Å². The maximum Gasteiger partial charge on any atom is 0.122 e. The van der Waals surface area contributed by atoms with E-state index in [1.807, 2.05) is 0 Å². The van der Waals surface area contributed by atoms with Gasteiger partial charge in [0.1, 0.15) is 5.75 Å². The van der Waals surface area contributed by atoms with Crippen molar-refractivity contribution >= 4 is 0 Å². The maximum absolute atomic E-state index is 5.60. The van der Waals surface area contributed by atoms with E-state index in [4.69, 9.17) is 4.74 Å². The fourth-order valence-corrected chi connectivity index (χ4v) is 3.98. The number of methoxy groups -OCH3 is 1. The molecule has 2 heteroatoms. The molecule has 124 valence electrons. The van der Waals surface area contributed by atoms with Crippen molar-refractivity contribution < 1.29 is 4.74 Å². The van der Waals surface area contributed by atoms with Crippen LogP contribution in [0.3, 0.4) is 0 Å². The molecular weight excluding hydrogens is 270 g/mol. The molecule has 1 saturated heterocycles. The summed E-state index contributed by atoms with van der Waals surface area (Å²) in [6, 6.07) is 7.39. The normalized spacial score (nSPS) is 19.5. The molecule has 2 rings (SSSR count). The minimum Gasteiger partial charge on any atom is -0.496 e. The molecule has 22 heavy (non-hydrogen) atoms. The van der Waals surface area contributed by atoms with Crippen molar-refractivity contribution in [2.24, 2.45) is 5.41 Å². The lowest BCUT2D eigenvalue weighted by Crippen LogP contribution is -2.26. The quantitative estimate of drug-likeness (QED) is 0.851. The third-order valence-electron chi connectivity index (χ3n) is 4.66. The van der Waals surface area contributed by atoms with Crippen molar-refractivity contribution in [3.8, 4) is 5.75 Å². The van der Waals surface area contributed by atoms with Crippen LogP contribution in [0.4, 0.5) is 0 Å². The van der Waals surface area contributed by atoms with Gasteiger partial charge in [-0.1, -0.05) is 46.8 Å². The Balaban J connectivity index is 2.25. The average Bonchev–Trinajstić information content (AvgIpc) is 2.88. The Morgan fingerprint density at radius 2 is 1.91 bits per heavy atom. The molecule has 1 atom stereocenters. The first-order chi connectivity index (χ1) is 10.2. The van der Waals surface area contributed by atoms with Crippen LogP contribution in [0.5, 0.6) is 5.75 Å². The molecule has 1 aromatic carbocycles. The Labute approximate surface area is 136 Å². The van der Waals surface area contributed by atoms with Crippen LogP contribution < -0.4 is 10.1 Å². The van der Waals surface area contributed by atoms with Crippen LogP contribution in [-0.4, -0.2) is 19.7 Å². The summed E-state index contributed by atoms with van der Waals surface area (Å²) < 4.78 is 5.60. The van der Waals surface area contributed by atoms with E-state index in [-0.39, 0.29) is 5.41 Å². The van der Waals surface area contributed by atoms with Crippen LogP contribution in [0.1, 0.15) is 65.0 Å². The van der Waals surface area contributed by atoms with E-state index in [9.17, 15) is 0 Å². The number of rotatable bonds is 5. The Morgan fingerprint density at radius 1 is 1.18 bits per heavy atom. The highest BCUT2D eigenvalue weighted by Crippen LogP contribution is 2.38. The van der Waals surface area contributed by atoms with Crippen molar-refractivity contribution in [2.45, 2.75) is 71.8 Å². The van der Waals surface area contributed by atoms with Crippen LogP contribution in [0.25, 0.3) is 0 Å². The predicted molar refractivity (Wildman–Crippen MR) is 94.8 cm³/mol. The molecule has 1 N–H and O–H groups in total. The van der Waals surface area contributed by atoms with Gasteiger partial charge in [-0.25, -0.2) is 0 Å². The molecular formula is C20H33NO. The van der Waals surface area contributed by atoms with E-state index < -0.39 is 0 Å². The number of hydrogen-bond acceptors (Lipinski definition) is 2. The monoisotopic (exact) mass is 303 g/mol. The van der Waals surface area contributed by atoms with Gasteiger partial charge in [0.05, 0.1) is 7.11 Å². The molecule has 1 unspecified atom stereocenters. The molecule has 2 nitrogen and oxygen atoms in total. The van der Waals surface area contributed by atoms with Crippen LogP contribution >= 0.6 is 0 Å². The molecule has 1 aliphatic heterocycles. The Bertz CT molecular complexity index is 493. The van der Waals surface area contributed by atoms with E-state index in [0.717, 1.165) is 18.7 Å². The highest BCUT2D eigenvalue weighted by atomic mass is 16.5. The summed E-state index contributed by atoms with van der Waals surface area (Å²) in [5.41, 5.74) is 3.29. The van der Waals surface area contributed by atoms with Crippen LogP contribution in [0.15, 0.2) is 18.2 Å². The number of ether oxygens (including phenoxy) is 1. The van der Waals surface area contributed by atoms with Gasteiger partial charge in [-0.15, -0.1) is 0 Å². The highest BCUT2D eigenvalue weighted by molar-refractivity contribution is 5.40. The first-order valence-electron chi connectivity index (χ1n) is 8.62. The third kappa shape index (κ3) is 4.49. The second-order valence-corrected chi connectivity index (χ2v) is 8.65. The average molecular weight is 303 g/mol. The van der Waals surface area contributed by atoms with Gasteiger partial charge in [-0.05, 0) is 60.3 Å². The van der Waals surface area contributed by atoms with Gasteiger partial charge in [0.15, 0.2) is 0 Å². The maximum atomic E-state index is 5.60. The molecule has 1 aromatic rings. The largest absolute Gasteiger partial charge is 0.496 e. The topological polar surface area (TPSA) is 21.3 Å². The summed E-state index contributed by atoms with van der Waals surface area (Å²) in [5, 5.41) is 3.60. The van der Waals surface area contributed by atoms with E-state index in [0.29, 0.717) is 11.5 Å². The molecule has 1 fully saturated rings. The first-order valence-corrected chi connectivity index (χ1v) is 8.62. The lowest BCUT2D eigenvalue weighted by atomic mass is 9.72. The second-order valence-electron chi connectivity index (χ2n) is 8.65. The molecule has 0 amide bonds. The molecule has 0 radical (unpaired) electrons. The fraction of sp³-hybridized carbons (Fsp3) is 0.700. The van der Waals surface area contributed by atoms with Gasteiger partial charge in [0.2, 0.25) is 0 Å². The SMILES string of the molecule is COc1ccc(C(C)(C)CC(C)(C)C)cc1CC1CCCN1. The van der Waals surface area contributed by atoms with Crippen molar-refractivity contribution in [3.63, 3.8) is 0 Å². The molecule has 1 heterocycles. The van der Waals surface area contributed by atoms with E-state index >= 15 is 0 Å². The molecule has 0 spiro atoms. The standard InChI is InChI=1S/C20H33NO/c1-19(2,3)14-20(4,5)16-9-10-18(22-6)15(12-16)13-17-8-7-11-21-17/h9-10,12,17,21H,7-8,11,13-14H2,1-6H3. The molecule has 0 aliphatic carbocycles. The highest BCUT2D eigenvalue weighted by Gasteiger charge is 2.28. The molecule has 1 aliphatic rings. The van der Waals surface area contributed by atoms with Gasteiger partial charge < -0.3 is 10.1 Å². The van der Waals surface area contributed by atoms with Gasteiger partial charge in [-0.2, -0.15) is 0 Å². The zero-order chi connectivity index (χ0) is 16.4. The van der Waals surface area contributed by atoms with Gasteiger partial charge in [0, 0.05) is 6.04 Å². The Hall–Kier alpha value is -1.02. The summed E-state index contributed by atoms with van der Waals surface area (Å²) in [7, 11) is 1.78. The third-order valence-corrected chi connectivity index (χ3v) is 4.66. The van der Waals surface area contributed by atoms with E-state index in [1.165, 1.54) is 30.4 Å². The zero-order valence-electron chi connectivity index (χ0n) is 15.3. The van der Waals surface area contributed by atoms with Crippen LogP contribution in [-0.2, 0) is 11.8 Å². The lowest BCUT2D eigenvalue weighted by molar-refractivity contribution is 0.283. The van der Waals surface area contributed by atoms with E-state index in [1.54, 1.807) is 7.11 Å². The van der Waals surface area contributed by atoms with Gasteiger partial charge in [-0.3, -0.25) is 0 Å². The molecule has 0 saturated carbocycles. The molecule has 0 bridgehead atoms. The fourth-order valence-electron chi connectivity index (χ4n) is 3.98. The van der Waals surface area contributed by atoms with Crippen molar-refractivity contribution in [3.05, 3.63) is 29.3 Å². The Morgan fingerprint density at radius 3 is 2.45 bits per heavy atom. The molecule has 0 aromatic heterocycles. The van der Waals surface area contributed by atoms with Crippen molar-refractivity contribution in [2.75, 3.05) is 13.7 Å². The lowest BCUT2D eigenvalue weighted by Gasteiger charge is -2.33. The number of hydrogen-bond donors (Lipinski definition) is 1. The zero-order valence-corrected chi connectivity index (χ0v) is 15.3. The van der Waals surface area contributed by atoms with Crippen LogP contribution in [0, 0.1) is 5.41 Å². The Kier molecular flexibility index (Phi) is 5.21. The summed E-state index contributed by atoms with van der Waals surface area (Å²) in [4.78, 5) is 0. The summed E-state index contributed by atoms with van der Waals surface area (Å²) in [6.45, 7) is 12.8. The second kappa shape index (κ2) is 6.62. The minimum absolute atomic E-state index is 0.183. The smallest absolute Gasteiger partial charge is 0.122 e. The van der Waals surface area contributed by atoms with E-state index in [2.05, 4.69) is 58.1 Å². The van der Waals surface area contributed by atoms with Gasteiger partial charge >= 0.3 is 0 Å². The first kappa shape index (κ1) is 17.3. The number of nitrogens with one attached hydrogen (secondary N) is 1. The number of benzene rings is 1. The van der Waals surface area contributed by atoms with Crippen LogP contribution in [0.2, 0.25) is 0 Å². The van der Waals surface area contributed by atoms with Gasteiger partial charge in [0.25, 0.3) is 0 Å².